The van der Waals surface area contributed by atoms with E-state index in [2.05, 4.69) is 17.1 Å². The van der Waals surface area contributed by atoms with Crippen molar-refractivity contribution >= 4 is 5.97 Å². The summed E-state index contributed by atoms with van der Waals surface area (Å²) in [5, 5.41) is 8.63. The Morgan fingerprint density at radius 1 is 1.44 bits per heavy atom. The molecule has 0 aliphatic heterocycles. The van der Waals surface area contributed by atoms with E-state index in [9.17, 15) is 4.79 Å². The maximum Gasteiger partial charge on any atom is 0.303 e. The van der Waals surface area contributed by atoms with Gasteiger partial charge in [-0.15, -0.1) is 0 Å². The molecule has 1 fully saturated rings. The number of aromatic nitrogens is 1. The molecule has 1 heterocycles. The summed E-state index contributed by atoms with van der Waals surface area (Å²) in [6.07, 6.45) is 7.68. The smallest absolute Gasteiger partial charge is 0.303 e. The molecule has 0 radical (unpaired) electrons. The lowest BCUT2D eigenvalue weighted by Gasteiger charge is -2.10. The molecule has 0 unspecified atom stereocenters. The van der Waals surface area contributed by atoms with E-state index in [0.717, 1.165) is 5.69 Å². The highest BCUT2D eigenvalue weighted by Gasteiger charge is 2.17. The summed E-state index contributed by atoms with van der Waals surface area (Å²) in [5.74, 6) is -0.0837. The standard InChI is InChI=1S/C13H17NO2/c15-13(16)6-5-12-9-11(7-8-14-12)10-3-1-2-4-10/h7-10H,1-6H2,(H,15,16). The molecule has 0 bridgehead atoms. The zero-order valence-electron chi connectivity index (χ0n) is 9.35. The number of nitrogens with zero attached hydrogens (tertiary/aromatic N) is 1. The van der Waals surface area contributed by atoms with Gasteiger partial charge in [0.2, 0.25) is 0 Å². The lowest BCUT2D eigenvalue weighted by Crippen LogP contribution is -2.01. The monoisotopic (exact) mass is 219 g/mol. The first kappa shape index (κ1) is 11.1. The van der Waals surface area contributed by atoms with Crippen LogP contribution in [-0.2, 0) is 11.2 Å². The van der Waals surface area contributed by atoms with Crippen LogP contribution in [-0.4, -0.2) is 16.1 Å². The van der Waals surface area contributed by atoms with Crippen LogP contribution >= 0.6 is 0 Å². The molecular formula is C13H17NO2. The zero-order chi connectivity index (χ0) is 11.4. The first-order valence-corrected chi connectivity index (χ1v) is 5.92. The van der Waals surface area contributed by atoms with Crippen molar-refractivity contribution in [1.29, 1.82) is 0 Å². The van der Waals surface area contributed by atoms with Crippen molar-refractivity contribution in [2.75, 3.05) is 0 Å². The first-order valence-electron chi connectivity index (χ1n) is 5.92. The van der Waals surface area contributed by atoms with Crippen LogP contribution in [0, 0.1) is 0 Å². The topological polar surface area (TPSA) is 50.2 Å². The molecule has 0 spiro atoms. The highest BCUT2D eigenvalue weighted by Crippen LogP contribution is 2.33. The van der Waals surface area contributed by atoms with E-state index in [1.54, 1.807) is 0 Å². The van der Waals surface area contributed by atoms with Crippen molar-refractivity contribution in [3.05, 3.63) is 29.6 Å². The fourth-order valence-corrected chi connectivity index (χ4v) is 2.38. The summed E-state index contributed by atoms with van der Waals surface area (Å²) >= 11 is 0. The van der Waals surface area contributed by atoms with Gasteiger partial charge < -0.3 is 5.11 Å². The highest BCUT2D eigenvalue weighted by atomic mass is 16.4. The van der Waals surface area contributed by atoms with Crippen molar-refractivity contribution in [2.45, 2.75) is 44.4 Å². The molecule has 1 aliphatic rings. The van der Waals surface area contributed by atoms with Crippen LogP contribution < -0.4 is 0 Å². The second-order valence-corrected chi connectivity index (χ2v) is 4.46. The fraction of sp³-hybridized carbons (Fsp3) is 0.538. The number of carboxylic acids is 1. The maximum absolute atomic E-state index is 10.5. The molecule has 16 heavy (non-hydrogen) atoms. The van der Waals surface area contributed by atoms with Gasteiger partial charge >= 0.3 is 5.97 Å². The Hall–Kier alpha value is -1.38. The molecular weight excluding hydrogens is 202 g/mol. The van der Waals surface area contributed by atoms with Gasteiger partial charge in [-0.3, -0.25) is 9.78 Å². The van der Waals surface area contributed by atoms with Gasteiger partial charge in [-0.1, -0.05) is 12.8 Å². The van der Waals surface area contributed by atoms with Gasteiger partial charge in [-0.2, -0.15) is 0 Å². The lowest BCUT2D eigenvalue weighted by atomic mass is 9.97. The molecule has 1 aromatic rings. The normalized spacial score (nSPS) is 16.5. The summed E-state index contributed by atoms with van der Waals surface area (Å²) in [6.45, 7) is 0. The quantitative estimate of drug-likeness (QED) is 0.847. The number of rotatable bonds is 4. The Bertz CT molecular complexity index is 370. The molecule has 2 rings (SSSR count). The molecule has 3 nitrogen and oxygen atoms in total. The third-order valence-corrected chi connectivity index (χ3v) is 3.26. The summed E-state index contributed by atoms with van der Waals surface area (Å²) in [6, 6.07) is 4.15. The van der Waals surface area contributed by atoms with Crippen LogP contribution in [0.4, 0.5) is 0 Å². The van der Waals surface area contributed by atoms with Gasteiger partial charge in [-0.05, 0) is 36.5 Å². The second kappa shape index (κ2) is 5.10. The predicted octanol–water partition coefficient (Wildman–Crippen LogP) is 2.76. The Kier molecular flexibility index (Phi) is 3.54. The van der Waals surface area contributed by atoms with Crippen molar-refractivity contribution in [1.82, 2.24) is 4.98 Å². The average molecular weight is 219 g/mol. The molecule has 0 aromatic carbocycles. The number of carbonyl (C=O) groups is 1. The maximum atomic E-state index is 10.5. The van der Waals surface area contributed by atoms with Gasteiger partial charge in [-0.25, -0.2) is 0 Å². The van der Waals surface area contributed by atoms with Crippen molar-refractivity contribution in [3.8, 4) is 0 Å². The molecule has 86 valence electrons. The summed E-state index contributed by atoms with van der Waals surface area (Å²) in [7, 11) is 0. The van der Waals surface area contributed by atoms with Crippen LogP contribution in [0.25, 0.3) is 0 Å². The molecule has 3 heteroatoms. The van der Waals surface area contributed by atoms with E-state index in [4.69, 9.17) is 5.11 Å². The Morgan fingerprint density at radius 2 is 2.19 bits per heavy atom. The number of hydrogen-bond donors (Lipinski definition) is 1. The van der Waals surface area contributed by atoms with Crippen LogP contribution in [0.15, 0.2) is 18.3 Å². The van der Waals surface area contributed by atoms with Crippen molar-refractivity contribution in [2.24, 2.45) is 0 Å². The number of carboxylic acid groups (broad SMARTS) is 1. The van der Waals surface area contributed by atoms with Gasteiger partial charge in [0.15, 0.2) is 0 Å². The van der Waals surface area contributed by atoms with Crippen molar-refractivity contribution in [3.63, 3.8) is 0 Å². The minimum absolute atomic E-state index is 0.168. The van der Waals surface area contributed by atoms with E-state index < -0.39 is 5.97 Å². The SMILES string of the molecule is O=C(O)CCc1cc(C2CCCC2)ccn1. The fourth-order valence-electron chi connectivity index (χ4n) is 2.38. The first-order chi connectivity index (χ1) is 7.75. The Morgan fingerprint density at radius 3 is 2.88 bits per heavy atom. The minimum atomic E-state index is -0.756. The van der Waals surface area contributed by atoms with Gasteiger partial charge in [0.1, 0.15) is 0 Å². The molecule has 1 aliphatic carbocycles. The number of hydrogen-bond acceptors (Lipinski definition) is 2. The number of aliphatic carboxylic acids is 1. The average Bonchev–Trinajstić information content (AvgIpc) is 2.80. The zero-order valence-corrected chi connectivity index (χ0v) is 9.35. The number of pyridine rings is 1. The minimum Gasteiger partial charge on any atom is -0.481 e. The molecule has 1 N–H and O–H groups in total. The van der Waals surface area contributed by atoms with Crippen molar-refractivity contribution < 1.29 is 9.90 Å². The second-order valence-electron chi connectivity index (χ2n) is 4.46. The van der Waals surface area contributed by atoms with Crippen LogP contribution in [0.5, 0.6) is 0 Å². The van der Waals surface area contributed by atoms with Gasteiger partial charge in [0.05, 0.1) is 6.42 Å². The molecule has 1 saturated carbocycles. The lowest BCUT2D eigenvalue weighted by molar-refractivity contribution is -0.136. The highest BCUT2D eigenvalue weighted by molar-refractivity contribution is 5.66. The van der Waals surface area contributed by atoms with Gasteiger partial charge in [0.25, 0.3) is 0 Å². The number of aryl methyl sites for hydroxylation is 1. The van der Waals surface area contributed by atoms with Crippen LogP contribution in [0.2, 0.25) is 0 Å². The molecule has 0 saturated heterocycles. The van der Waals surface area contributed by atoms with Crippen LogP contribution in [0.1, 0.15) is 49.3 Å². The summed E-state index contributed by atoms with van der Waals surface area (Å²) < 4.78 is 0. The van der Waals surface area contributed by atoms with E-state index in [-0.39, 0.29) is 6.42 Å². The van der Waals surface area contributed by atoms with E-state index in [0.29, 0.717) is 12.3 Å². The predicted molar refractivity (Wildman–Crippen MR) is 61.4 cm³/mol. The largest absolute Gasteiger partial charge is 0.481 e. The third kappa shape index (κ3) is 2.81. The van der Waals surface area contributed by atoms with E-state index in [1.807, 2.05) is 6.20 Å². The molecule has 1 aromatic heterocycles. The Labute approximate surface area is 95.5 Å². The molecule has 0 atom stereocenters. The third-order valence-electron chi connectivity index (χ3n) is 3.26. The summed E-state index contributed by atoms with van der Waals surface area (Å²) in [4.78, 5) is 14.7. The molecule has 0 amide bonds. The summed E-state index contributed by atoms with van der Waals surface area (Å²) in [5.41, 5.74) is 2.25. The van der Waals surface area contributed by atoms with E-state index in [1.165, 1.54) is 31.2 Å². The van der Waals surface area contributed by atoms with Gasteiger partial charge in [0, 0.05) is 18.3 Å². The Balaban J connectivity index is 2.03. The van der Waals surface area contributed by atoms with Crippen LogP contribution in [0.3, 0.4) is 0 Å². The van der Waals surface area contributed by atoms with E-state index >= 15 is 0 Å².